The fraction of sp³-hybridized carbons (Fsp3) is 0.667. The number of hydrogen-bond acceptors (Lipinski definition) is 1. The monoisotopic (exact) mass is 129 g/mol. The van der Waals surface area contributed by atoms with E-state index in [0.717, 1.165) is 12.8 Å². The summed E-state index contributed by atoms with van der Waals surface area (Å²) in [6.45, 7) is 3.81. The third-order valence-corrected chi connectivity index (χ3v) is 0.893. The lowest BCUT2D eigenvalue weighted by molar-refractivity contribution is 0.244. The molecule has 0 rings (SSSR count). The van der Waals surface area contributed by atoms with E-state index in [-0.39, 0.29) is 6.03 Å². The number of unbranched alkanes of at least 4 members (excludes halogenated alkanes) is 1. The lowest BCUT2D eigenvalue weighted by atomic mass is 10.3. The van der Waals surface area contributed by atoms with E-state index in [4.69, 9.17) is 0 Å². The van der Waals surface area contributed by atoms with Gasteiger partial charge >= 0.3 is 6.03 Å². The van der Waals surface area contributed by atoms with Crippen molar-refractivity contribution in [2.45, 2.75) is 19.8 Å². The molecule has 3 nitrogen and oxygen atoms in total. The normalized spacial score (nSPS) is 8.67. The van der Waals surface area contributed by atoms with Crippen LogP contribution in [0, 0.1) is 6.54 Å². The molecule has 0 fully saturated rings. The minimum Gasteiger partial charge on any atom is -0.341 e. The molecule has 0 spiro atoms. The van der Waals surface area contributed by atoms with Crippen LogP contribution in [0.25, 0.3) is 0 Å². The van der Waals surface area contributed by atoms with Crippen molar-refractivity contribution >= 4 is 6.03 Å². The van der Waals surface area contributed by atoms with Gasteiger partial charge in [0.2, 0.25) is 0 Å². The zero-order valence-electron chi connectivity index (χ0n) is 5.90. The number of carbonyl (C=O) groups excluding carboxylic acids is 1. The summed E-state index contributed by atoms with van der Waals surface area (Å²) in [6.07, 6.45) is 1.98. The summed E-state index contributed by atoms with van der Waals surface area (Å²) < 4.78 is 0. The smallest absolute Gasteiger partial charge is 0.314 e. The predicted octanol–water partition coefficient (Wildman–Crippen LogP) is 0.877. The molecule has 0 unspecified atom stereocenters. The Kier molecular flexibility index (Phi) is 4.97. The first-order valence-electron chi connectivity index (χ1n) is 3.11. The summed E-state index contributed by atoms with van der Waals surface area (Å²) in [5.74, 6) is 0. The molecule has 2 N–H and O–H groups in total. The van der Waals surface area contributed by atoms with Crippen LogP contribution in [0.2, 0.25) is 0 Å². The second-order valence-corrected chi connectivity index (χ2v) is 1.72. The van der Waals surface area contributed by atoms with Gasteiger partial charge in [-0.2, -0.15) is 0 Å². The van der Waals surface area contributed by atoms with Crippen molar-refractivity contribution in [1.82, 2.24) is 10.6 Å². The fourth-order valence-electron chi connectivity index (χ4n) is 0.381. The Bertz CT molecular complexity index is 83.1. The molecule has 0 heterocycles. The highest BCUT2D eigenvalue weighted by molar-refractivity contribution is 5.73. The molecular weight excluding hydrogens is 116 g/mol. The number of rotatable bonds is 3. The van der Waals surface area contributed by atoms with Gasteiger partial charge in [-0.15, -0.1) is 0 Å². The Labute approximate surface area is 55.8 Å². The Hall–Kier alpha value is -0.730. The van der Waals surface area contributed by atoms with Crippen molar-refractivity contribution in [2.75, 3.05) is 7.05 Å². The third kappa shape index (κ3) is 5.14. The minimum atomic E-state index is -0.150. The molecule has 0 aromatic rings. The molecular formula is C6H13N2O. The molecule has 0 saturated carbocycles. The van der Waals surface area contributed by atoms with Crippen molar-refractivity contribution in [3.63, 3.8) is 0 Å². The number of amides is 2. The summed E-state index contributed by atoms with van der Waals surface area (Å²) in [4.78, 5) is 10.4. The Morgan fingerprint density at radius 1 is 1.67 bits per heavy atom. The van der Waals surface area contributed by atoms with Crippen molar-refractivity contribution in [2.24, 2.45) is 0 Å². The SMILES string of the molecule is CCC[CH]NC(=O)NC. The summed E-state index contributed by atoms with van der Waals surface area (Å²) in [6, 6.07) is -0.150. The molecule has 53 valence electrons. The third-order valence-electron chi connectivity index (χ3n) is 0.893. The average molecular weight is 129 g/mol. The number of nitrogens with one attached hydrogen (secondary N) is 2. The lowest BCUT2D eigenvalue weighted by Crippen LogP contribution is -2.30. The van der Waals surface area contributed by atoms with Gasteiger partial charge in [0.15, 0.2) is 0 Å². The molecule has 1 radical (unpaired) electrons. The Balaban J connectivity index is 2.97. The standard InChI is InChI=1S/C6H13N2O/c1-3-4-5-8-6(9)7-2/h5H,3-4H2,1-2H3,(H2,7,8,9). The maximum absolute atomic E-state index is 10.4. The first kappa shape index (κ1) is 8.27. The van der Waals surface area contributed by atoms with Crippen LogP contribution < -0.4 is 10.6 Å². The Morgan fingerprint density at radius 2 is 2.33 bits per heavy atom. The van der Waals surface area contributed by atoms with Crippen LogP contribution in [0.1, 0.15) is 19.8 Å². The molecule has 2 amide bonds. The van der Waals surface area contributed by atoms with E-state index in [1.54, 1.807) is 13.6 Å². The first-order chi connectivity index (χ1) is 4.31. The van der Waals surface area contributed by atoms with Crippen LogP contribution in [0.3, 0.4) is 0 Å². The summed E-state index contributed by atoms with van der Waals surface area (Å²) in [5, 5.41) is 5.00. The van der Waals surface area contributed by atoms with Gasteiger partial charge in [0.05, 0.1) is 6.54 Å². The van der Waals surface area contributed by atoms with Gasteiger partial charge in [-0.25, -0.2) is 4.79 Å². The van der Waals surface area contributed by atoms with E-state index < -0.39 is 0 Å². The van der Waals surface area contributed by atoms with Crippen LogP contribution in [-0.4, -0.2) is 13.1 Å². The van der Waals surface area contributed by atoms with Crippen molar-refractivity contribution < 1.29 is 4.79 Å². The van der Waals surface area contributed by atoms with E-state index >= 15 is 0 Å². The van der Waals surface area contributed by atoms with Gasteiger partial charge in [-0.1, -0.05) is 13.3 Å². The van der Waals surface area contributed by atoms with Crippen LogP contribution >= 0.6 is 0 Å². The molecule has 9 heavy (non-hydrogen) atoms. The predicted molar refractivity (Wildman–Crippen MR) is 36.8 cm³/mol. The van der Waals surface area contributed by atoms with Crippen LogP contribution in [0.15, 0.2) is 0 Å². The molecule has 0 aliphatic rings. The van der Waals surface area contributed by atoms with Gasteiger partial charge in [-0.05, 0) is 6.42 Å². The maximum Gasteiger partial charge on any atom is 0.314 e. The minimum absolute atomic E-state index is 0.150. The van der Waals surface area contributed by atoms with Crippen molar-refractivity contribution in [3.8, 4) is 0 Å². The van der Waals surface area contributed by atoms with E-state index in [0.29, 0.717) is 0 Å². The number of hydrogen-bond donors (Lipinski definition) is 2. The molecule has 0 aliphatic heterocycles. The molecule has 0 atom stereocenters. The second-order valence-electron chi connectivity index (χ2n) is 1.72. The van der Waals surface area contributed by atoms with Crippen molar-refractivity contribution in [3.05, 3.63) is 6.54 Å². The van der Waals surface area contributed by atoms with Crippen LogP contribution in [-0.2, 0) is 0 Å². The number of carbonyl (C=O) groups is 1. The maximum atomic E-state index is 10.4. The average Bonchev–Trinajstić information content (AvgIpc) is 1.89. The lowest BCUT2D eigenvalue weighted by Gasteiger charge is -1.99. The van der Waals surface area contributed by atoms with Gasteiger partial charge in [0, 0.05) is 7.05 Å². The van der Waals surface area contributed by atoms with Crippen molar-refractivity contribution in [1.29, 1.82) is 0 Å². The molecule has 0 aromatic carbocycles. The van der Waals surface area contributed by atoms with Gasteiger partial charge < -0.3 is 10.6 Å². The van der Waals surface area contributed by atoms with Gasteiger partial charge in [0.25, 0.3) is 0 Å². The zero-order valence-corrected chi connectivity index (χ0v) is 5.90. The van der Waals surface area contributed by atoms with Gasteiger partial charge in [-0.3, -0.25) is 0 Å². The highest BCUT2D eigenvalue weighted by Crippen LogP contribution is 1.86. The summed E-state index contributed by atoms with van der Waals surface area (Å²) in [5.41, 5.74) is 0. The zero-order chi connectivity index (χ0) is 7.11. The first-order valence-corrected chi connectivity index (χ1v) is 3.11. The molecule has 3 heteroatoms. The van der Waals surface area contributed by atoms with E-state index in [1.165, 1.54) is 0 Å². The topological polar surface area (TPSA) is 41.1 Å². The van der Waals surface area contributed by atoms with Crippen LogP contribution in [0.4, 0.5) is 4.79 Å². The second kappa shape index (κ2) is 5.41. The fourth-order valence-corrected chi connectivity index (χ4v) is 0.381. The quantitative estimate of drug-likeness (QED) is 0.545. The van der Waals surface area contributed by atoms with E-state index in [1.807, 2.05) is 0 Å². The largest absolute Gasteiger partial charge is 0.341 e. The number of urea groups is 1. The van der Waals surface area contributed by atoms with Gasteiger partial charge in [0.1, 0.15) is 0 Å². The summed E-state index contributed by atoms with van der Waals surface area (Å²) >= 11 is 0. The van der Waals surface area contributed by atoms with Crippen LogP contribution in [0.5, 0.6) is 0 Å². The Morgan fingerprint density at radius 3 is 2.78 bits per heavy atom. The van der Waals surface area contributed by atoms with E-state index in [9.17, 15) is 4.79 Å². The molecule has 0 bridgehead atoms. The molecule has 0 aliphatic carbocycles. The molecule has 0 aromatic heterocycles. The summed E-state index contributed by atoms with van der Waals surface area (Å²) in [7, 11) is 1.59. The van der Waals surface area contributed by atoms with E-state index in [2.05, 4.69) is 17.6 Å². The highest BCUT2D eigenvalue weighted by Gasteiger charge is 1.91. The molecule has 0 saturated heterocycles. The highest BCUT2D eigenvalue weighted by atomic mass is 16.2.